The maximum absolute atomic E-state index is 13.4. The number of aliphatic carboxylic acids is 1. The number of amides is 1. The quantitative estimate of drug-likeness (QED) is 0.518. The highest BCUT2D eigenvalue weighted by Gasteiger charge is 2.38. The number of halogens is 3. The van der Waals surface area contributed by atoms with Crippen molar-refractivity contribution in [2.24, 2.45) is 0 Å². The van der Waals surface area contributed by atoms with Gasteiger partial charge in [-0.15, -0.1) is 0 Å². The zero-order chi connectivity index (χ0) is 23.0. The van der Waals surface area contributed by atoms with Crippen LogP contribution in [0.25, 0.3) is 10.8 Å². The highest BCUT2D eigenvalue weighted by atomic mass is 35.5. The van der Waals surface area contributed by atoms with E-state index in [1.165, 1.54) is 17.0 Å². The Kier molecular flexibility index (Phi) is 5.88. The lowest BCUT2D eigenvalue weighted by Crippen LogP contribution is -2.23. The summed E-state index contributed by atoms with van der Waals surface area (Å²) in [4.78, 5) is 25.7. The molecule has 0 atom stereocenters. The summed E-state index contributed by atoms with van der Waals surface area (Å²) >= 11 is 6.36. The summed E-state index contributed by atoms with van der Waals surface area (Å²) < 4.78 is 37.2. The van der Waals surface area contributed by atoms with E-state index in [0.717, 1.165) is 0 Å². The molecule has 0 bridgehead atoms. The van der Waals surface area contributed by atoms with E-state index in [9.17, 15) is 18.4 Å². The van der Waals surface area contributed by atoms with Gasteiger partial charge in [0, 0.05) is 16.3 Å². The van der Waals surface area contributed by atoms with E-state index < -0.39 is 18.5 Å². The topological polar surface area (TPSA) is 76.1 Å². The number of benzene rings is 3. The second-order valence-corrected chi connectivity index (χ2v) is 7.52. The van der Waals surface area contributed by atoms with Crippen molar-refractivity contribution in [1.29, 1.82) is 0 Å². The average molecular weight is 462 g/mol. The number of carbonyl (C=O) groups is 2. The van der Waals surface area contributed by atoms with Crippen LogP contribution in [0.15, 0.2) is 42.5 Å². The van der Waals surface area contributed by atoms with Gasteiger partial charge in [-0.1, -0.05) is 41.9 Å². The fraction of sp³-hybridized carbons (Fsp3) is 0.217. The number of nitrogens with zero attached hydrogens (tertiary/aromatic N) is 1. The van der Waals surface area contributed by atoms with E-state index in [4.69, 9.17) is 26.2 Å². The Morgan fingerprint density at radius 1 is 1.19 bits per heavy atom. The van der Waals surface area contributed by atoms with E-state index in [2.05, 4.69) is 0 Å². The zero-order valence-corrected chi connectivity index (χ0v) is 17.7. The number of carbonyl (C=O) groups excluding carboxylic acids is 1. The lowest BCUT2D eigenvalue weighted by atomic mass is 9.99. The first kappa shape index (κ1) is 21.8. The molecular weight excluding hydrogens is 444 g/mol. The van der Waals surface area contributed by atoms with Crippen molar-refractivity contribution < 1.29 is 33.0 Å². The second-order valence-electron chi connectivity index (χ2n) is 7.12. The lowest BCUT2D eigenvalue weighted by molar-refractivity contribution is -0.136. The van der Waals surface area contributed by atoms with Crippen LogP contribution >= 0.6 is 11.6 Å². The molecule has 0 saturated heterocycles. The molecule has 1 amide bonds. The zero-order valence-electron chi connectivity index (χ0n) is 16.9. The molecule has 166 valence electrons. The average Bonchev–Trinajstić information content (AvgIpc) is 3.07. The highest BCUT2D eigenvalue weighted by Crippen LogP contribution is 2.47. The molecule has 9 heteroatoms. The minimum absolute atomic E-state index is 0.0564. The smallest absolute Gasteiger partial charge is 0.387 e. The fourth-order valence-corrected chi connectivity index (χ4v) is 4.24. The molecule has 32 heavy (non-hydrogen) atoms. The number of rotatable bonds is 7. The van der Waals surface area contributed by atoms with Gasteiger partial charge in [-0.25, -0.2) is 0 Å². The molecule has 1 heterocycles. The van der Waals surface area contributed by atoms with Crippen LogP contribution in [0.1, 0.15) is 28.4 Å². The highest BCUT2D eigenvalue weighted by molar-refractivity contribution is 6.34. The van der Waals surface area contributed by atoms with Crippen LogP contribution in [0.5, 0.6) is 11.5 Å². The van der Waals surface area contributed by atoms with E-state index in [1.807, 2.05) is 0 Å². The minimum Gasteiger partial charge on any atom is -0.492 e. The Labute approximate surface area is 186 Å². The number of hydrogen-bond donors (Lipinski definition) is 1. The number of ether oxygens (including phenoxy) is 2. The normalized spacial score (nSPS) is 13.0. The molecule has 0 aromatic heterocycles. The van der Waals surface area contributed by atoms with Gasteiger partial charge in [0.05, 0.1) is 35.8 Å². The standard InChI is InChI=1S/C23H18ClF2NO5/c1-2-31-21-14-6-4-3-5-13(14)20(32-23(25)26)15-11-27(22(30)19(15)21)17-8-7-12(9-16(17)24)10-18(28)29/h3-9,23H,2,10-11H2,1H3,(H,28,29). The lowest BCUT2D eigenvalue weighted by Gasteiger charge is -2.18. The van der Waals surface area contributed by atoms with Crippen molar-refractivity contribution in [3.8, 4) is 11.5 Å². The van der Waals surface area contributed by atoms with Crippen LogP contribution < -0.4 is 14.4 Å². The van der Waals surface area contributed by atoms with Gasteiger partial charge >= 0.3 is 12.6 Å². The molecule has 1 aliphatic rings. The number of alkyl halides is 2. The molecule has 0 radical (unpaired) electrons. The summed E-state index contributed by atoms with van der Waals surface area (Å²) in [5.41, 5.74) is 1.23. The van der Waals surface area contributed by atoms with E-state index >= 15 is 0 Å². The van der Waals surface area contributed by atoms with Crippen LogP contribution in [0.4, 0.5) is 14.5 Å². The summed E-state index contributed by atoms with van der Waals surface area (Å²) in [6.45, 7) is -1.11. The predicted octanol–water partition coefficient (Wildman–Crippen LogP) is 5.28. The van der Waals surface area contributed by atoms with Gasteiger partial charge in [0.1, 0.15) is 11.5 Å². The summed E-state index contributed by atoms with van der Waals surface area (Å²) in [6.07, 6.45) is -0.222. The Balaban J connectivity index is 1.88. The Hall–Kier alpha value is -3.39. The third-order valence-electron chi connectivity index (χ3n) is 5.15. The van der Waals surface area contributed by atoms with Gasteiger partial charge in [0.15, 0.2) is 0 Å². The molecule has 3 aromatic carbocycles. The SMILES string of the molecule is CCOc1c2c(c(OC(F)F)c3ccccc13)CN(c1ccc(CC(=O)O)cc1Cl)C2=O. The monoisotopic (exact) mass is 461 g/mol. The summed E-state index contributed by atoms with van der Waals surface area (Å²) in [5.74, 6) is -1.27. The van der Waals surface area contributed by atoms with E-state index in [0.29, 0.717) is 27.8 Å². The van der Waals surface area contributed by atoms with Crippen molar-refractivity contribution >= 4 is 39.9 Å². The van der Waals surface area contributed by atoms with Crippen LogP contribution in [0.2, 0.25) is 5.02 Å². The number of carboxylic acid groups (broad SMARTS) is 1. The van der Waals surface area contributed by atoms with Gasteiger partial charge < -0.3 is 19.5 Å². The maximum Gasteiger partial charge on any atom is 0.387 e. The number of hydrogen-bond acceptors (Lipinski definition) is 4. The van der Waals surface area contributed by atoms with E-state index in [-0.39, 0.29) is 41.5 Å². The summed E-state index contributed by atoms with van der Waals surface area (Å²) in [6, 6.07) is 11.3. The van der Waals surface area contributed by atoms with Crippen molar-refractivity contribution in [2.75, 3.05) is 11.5 Å². The first-order valence-electron chi connectivity index (χ1n) is 9.79. The second kappa shape index (κ2) is 8.63. The Bertz CT molecular complexity index is 1230. The molecule has 0 aliphatic carbocycles. The number of anilines is 1. The molecular formula is C23H18ClF2NO5. The first-order chi connectivity index (χ1) is 15.3. The van der Waals surface area contributed by atoms with Crippen molar-refractivity contribution in [1.82, 2.24) is 0 Å². The summed E-state index contributed by atoms with van der Waals surface area (Å²) in [7, 11) is 0. The molecule has 1 aliphatic heterocycles. The van der Waals surface area contributed by atoms with Crippen LogP contribution in [-0.4, -0.2) is 30.2 Å². The van der Waals surface area contributed by atoms with Crippen LogP contribution in [-0.2, 0) is 17.8 Å². The van der Waals surface area contributed by atoms with Gasteiger partial charge in [0.2, 0.25) is 0 Å². The van der Waals surface area contributed by atoms with Gasteiger partial charge in [-0.05, 0) is 24.6 Å². The fourth-order valence-electron chi connectivity index (χ4n) is 3.94. The largest absolute Gasteiger partial charge is 0.492 e. The molecule has 1 N–H and O–H groups in total. The number of carboxylic acids is 1. The van der Waals surface area contributed by atoms with Gasteiger partial charge in [-0.3, -0.25) is 9.59 Å². The van der Waals surface area contributed by atoms with Crippen LogP contribution in [0.3, 0.4) is 0 Å². The van der Waals surface area contributed by atoms with Gasteiger partial charge in [-0.2, -0.15) is 8.78 Å². The van der Waals surface area contributed by atoms with E-state index in [1.54, 1.807) is 37.3 Å². The van der Waals surface area contributed by atoms with Crippen molar-refractivity contribution in [3.63, 3.8) is 0 Å². The Morgan fingerprint density at radius 2 is 1.88 bits per heavy atom. The van der Waals surface area contributed by atoms with Crippen molar-refractivity contribution in [2.45, 2.75) is 26.5 Å². The molecule has 4 rings (SSSR count). The Morgan fingerprint density at radius 3 is 2.47 bits per heavy atom. The van der Waals surface area contributed by atoms with Crippen LogP contribution in [0, 0.1) is 0 Å². The molecule has 0 spiro atoms. The van der Waals surface area contributed by atoms with Gasteiger partial charge in [0.25, 0.3) is 5.91 Å². The van der Waals surface area contributed by atoms with Crippen molar-refractivity contribution in [3.05, 3.63) is 64.2 Å². The number of fused-ring (bicyclic) bond motifs is 2. The molecule has 0 fully saturated rings. The maximum atomic E-state index is 13.4. The molecule has 0 saturated carbocycles. The predicted molar refractivity (Wildman–Crippen MR) is 115 cm³/mol. The third-order valence-corrected chi connectivity index (χ3v) is 5.45. The molecule has 6 nitrogen and oxygen atoms in total. The first-order valence-corrected chi connectivity index (χ1v) is 10.2. The molecule has 0 unspecified atom stereocenters. The third kappa shape index (κ3) is 3.82. The summed E-state index contributed by atoms with van der Waals surface area (Å²) in [5, 5.41) is 10.0. The minimum atomic E-state index is -3.08. The molecule has 3 aromatic rings.